The first-order valence-electron chi connectivity index (χ1n) is 6.03. The Hall–Kier alpha value is -2.16. The molecule has 1 aromatic heterocycles. The Bertz CT molecular complexity index is 413. The Morgan fingerprint density at radius 1 is 1.32 bits per heavy atom. The molecule has 9 heteroatoms. The molecular formula is C10H19N7O2. The van der Waals surface area contributed by atoms with Gasteiger partial charge in [0.1, 0.15) is 0 Å². The fourth-order valence-corrected chi connectivity index (χ4v) is 1.22. The van der Waals surface area contributed by atoms with Crippen LogP contribution in [0, 0.1) is 0 Å². The lowest BCUT2D eigenvalue weighted by Gasteiger charge is -2.08. The maximum absolute atomic E-state index is 10.6. The van der Waals surface area contributed by atoms with Crippen molar-refractivity contribution in [1.82, 2.24) is 15.0 Å². The van der Waals surface area contributed by atoms with Gasteiger partial charge >= 0.3 is 6.01 Å². The normalized spacial score (nSPS) is 10.0. The summed E-state index contributed by atoms with van der Waals surface area (Å²) in [6, 6.07) is 0.196. The van der Waals surface area contributed by atoms with E-state index in [4.69, 9.17) is 16.3 Å². The van der Waals surface area contributed by atoms with Crippen LogP contribution in [0.25, 0.3) is 0 Å². The number of nitrogens with zero attached hydrogens (tertiary/aromatic N) is 3. The number of hydrogen-bond donors (Lipinski definition) is 4. The molecule has 0 aromatic carbocycles. The Morgan fingerprint density at radius 3 is 2.68 bits per heavy atom. The van der Waals surface area contributed by atoms with Gasteiger partial charge in [-0.3, -0.25) is 10.2 Å². The number of aromatic nitrogens is 3. The van der Waals surface area contributed by atoms with Gasteiger partial charge in [0.15, 0.2) is 0 Å². The van der Waals surface area contributed by atoms with Crippen LogP contribution in [0.3, 0.4) is 0 Å². The van der Waals surface area contributed by atoms with Crippen molar-refractivity contribution in [3.63, 3.8) is 0 Å². The predicted octanol–water partition coefficient (Wildman–Crippen LogP) is -0.377. The molecule has 1 heterocycles. The van der Waals surface area contributed by atoms with Crippen LogP contribution in [0.1, 0.15) is 26.2 Å². The molecule has 6 N–H and O–H groups in total. The van der Waals surface area contributed by atoms with Gasteiger partial charge < -0.3 is 15.8 Å². The highest BCUT2D eigenvalue weighted by Crippen LogP contribution is 2.10. The predicted molar refractivity (Wildman–Crippen MR) is 70.3 cm³/mol. The summed E-state index contributed by atoms with van der Waals surface area (Å²) in [5, 5.41) is 2.95. The summed E-state index contributed by atoms with van der Waals surface area (Å²) in [6.45, 7) is 3.01. The lowest BCUT2D eigenvalue weighted by molar-refractivity contribution is -0.118. The number of ether oxygens (including phenoxy) is 1. The van der Waals surface area contributed by atoms with E-state index in [1.807, 2.05) is 6.92 Å². The molecule has 1 rings (SSSR count). The molecule has 0 aliphatic rings. The molecule has 0 fully saturated rings. The largest absolute Gasteiger partial charge is 0.463 e. The molecule has 19 heavy (non-hydrogen) atoms. The van der Waals surface area contributed by atoms with E-state index in [0.717, 1.165) is 6.42 Å². The smallest absolute Gasteiger partial charge is 0.323 e. The number of carbonyl (C=O) groups is 1. The van der Waals surface area contributed by atoms with Crippen LogP contribution in [0.2, 0.25) is 0 Å². The van der Waals surface area contributed by atoms with Gasteiger partial charge in [-0.1, -0.05) is 6.92 Å². The Balaban J connectivity index is 2.57. The van der Waals surface area contributed by atoms with E-state index in [2.05, 4.69) is 25.7 Å². The number of nitrogens with one attached hydrogen (secondary N) is 2. The average molecular weight is 269 g/mol. The third-order valence-electron chi connectivity index (χ3n) is 2.06. The van der Waals surface area contributed by atoms with Crippen molar-refractivity contribution in [1.29, 1.82) is 0 Å². The standard InChI is InChI=1S/C10H19N7O2/c1-2-6-19-10-15-8(14-9(16-10)17-12)13-5-3-4-7(11)18/h2-6,12H2,1H3,(H2,11,18)(H2,13,14,15,16,17). The Morgan fingerprint density at radius 2 is 2.05 bits per heavy atom. The second kappa shape index (κ2) is 8.03. The number of nitrogens with two attached hydrogens (primary N) is 2. The quantitative estimate of drug-likeness (QED) is 0.270. The fraction of sp³-hybridized carbons (Fsp3) is 0.600. The Labute approximate surface area is 111 Å². The second-order valence-electron chi connectivity index (χ2n) is 3.75. The molecule has 0 atom stereocenters. The highest BCUT2D eigenvalue weighted by molar-refractivity contribution is 5.73. The fourth-order valence-electron chi connectivity index (χ4n) is 1.22. The molecule has 9 nitrogen and oxygen atoms in total. The first kappa shape index (κ1) is 14.9. The zero-order valence-corrected chi connectivity index (χ0v) is 10.8. The van der Waals surface area contributed by atoms with E-state index < -0.39 is 0 Å². The number of rotatable bonds is 9. The third-order valence-corrected chi connectivity index (χ3v) is 2.06. The summed E-state index contributed by atoms with van der Waals surface area (Å²) in [7, 11) is 0. The molecule has 0 spiro atoms. The van der Waals surface area contributed by atoms with Gasteiger partial charge in [-0.15, -0.1) is 0 Å². The van der Waals surface area contributed by atoms with E-state index in [-0.39, 0.29) is 17.9 Å². The SMILES string of the molecule is CCCOc1nc(NN)nc(NCCCC(N)=O)n1. The topological polar surface area (TPSA) is 141 Å². The van der Waals surface area contributed by atoms with E-state index in [1.165, 1.54) is 0 Å². The maximum atomic E-state index is 10.6. The Kier molecular flexibility index (Phi) is 6.30. The molecule has 0 bridgehead atoms. The van der Waals surface area contributed by atoms with Crippen LogP contribution in [-0.4, -0.2) is 34.0 Å². The first-order chi connectivity index (χ1) is 9.15. The molecule has 0 radical (unpaired) electrons. The number of amides is 1. The lowest BCUT2D eigenvalue weighted by atomic mass is 10.3. The number of anilines is 2. The van der Waals surface area contributed by atoms with E-state index in [0.29, 0.717) is 31.9 Å². The summed E-state index contributed by atoms with van der Waals surface area (Å²) in [5.74, 6) is 5.46. The highest BCUT2D eigenvalue weighted by atomic mass is 16.5. The highest BCUT2D eigenvalue weighted by Gasteiger charge is 2.06. The van der Waals surface area contributed by atoms with Gasteiger partial charge in [-0.25, -0.2) is 5.84 Å². The zero-order chi connectivity index (χ0) is 14.1. The van der Waals surface area contributed by atoms with E-state index in [9.17, 15) is 4.79 Å². The van der Waals surface area contributed by atoms with Crippen molar-refractivity contribution in [2.24, 2.45) is 11.6 Å². The lowest BCUT2D eigenvalue weighted by Crippen LogP contribution is -2.16. The zero-order valence-electron chi connectivity index (χ0n) is 10.8. The number of hydrazine groups is 1. The van der Waals surface area contributed by atoms with Crippen LogP contribution in [0.15, 0.2) is 0 Å². The second-order valence-corrected chi connectivity index (χ2v) is 3.75. The monoisotopic (exact) mass is 269 g/mol. The molecule has 0 unspecified atom stereocenters. The van der Waals surface area contributed by atoms with Crippen molar-refractivity contribution in [3.8, 4) is 6.01 Å². The summed E-state index contributed by atoms with van der Waals surface area (Å²) < 4.78 is 5.31. The van der Waals surface area contributed by atoms with Crippen LogP contribution in [0.4, 0.5) is 11.9 Å². The van der Waals surface area contributed by atoms with Gasteiger partial charge in [0.05, 0.1) is 6.61 Å². The van der Waals surface area contributed by atoms with Crippen molar-refractivity contribution < 1.29 is 9.53 Å². The third kappa shape index (κ3) is 5.82. The number of primary amides is 1. The van der Waals surface area contributed by atoms with Crippen molar-refractivity contribution in [2.75, 3.05) is 23.9 Å². The molecule has 1 aromatic rings. The molecule has 0 saturated carbocycles. The molecule has 0 saturated heterocycles. The molecule has 0 aliphatic heterocycles. The van der Waals surface area contributed by atoms with Gasteiger partial charge in [0.2, 0.25) is 17.8 Å². The van der Waals surface area contributed by atoms with Gasteiger partial charge in [0.25, 0.3) is 0 Å². The molecule has 106 valence electrons. The van der Waals surface area contributed by atoms with Crippen molar-refractivity contribution >= 4 is 17.8 Å². The van der Waals surface area contributed by atoms with E-state index >= 15 is 0 Å². The molecular weight excluding hydrogens is 250 g/mol. The number of carbonyl (C=O) groups excluding carboxylic acids is 1. The van der Waals surface area contributed by atoms with E-state index in [1.54, 1.807) is 0 Å². The summed E-state index contributed by atoms with van der Waals surface area (Å²) in [5.41, 5.74) is 7.38. The van der Waals surface area contributed by atoms with Gasteiger partial charge in [-0.2, -0.15) is 15.0 Å². The summed E-state index contributed by atoms with van der Waals surface area (Å²) >= 11 is 0. The first-order valence-corrected chi connectivity index (χ1v) is 6.03. The van der Waals surface area contributed by atoms with Gasteiger partial charge in [0, 0.05) is 13.0 Å². The minimum absolute atomic E-state index is 0.196. The van der Waals surface area contributed by atoms with Crippen LogP contribution in [0.5, 0.6) is 6.01 Å². The van der Waals surface area contributed by atoms with Crippen molar-refractivity contribution in [2.45, 2.75) is 26.2 Å². The maximum Gasteiger partial charge on any atom is 0.323 e. The summed E-state index contributed by atoms with van der Waals surface area (Å²) in [6.07, 6.45) is 1.75. The number of nitrogen functional groups attached to an aromatic ring is 1. The van der Waals surface area contributed by atoms with Crippen LogP contribution < -0.4 is 27.1 Å². The summed E-state index contributed by atoms with van der Waals surface area (Å²) in [4.78, 5) is 22.6. The van der Waals surface area contributed by atoms with Gasteiger partial charge in [-0.05, 0) is 12.8 Å². The van der Waals surface area contributed by atoms with Crippen LogP contribution in [-0.2, 0) is 4.79 Å². The number of hydrogen-bond acceptors (Lipinski definition) is 8. The van der Waals surface area contributed by atoms with Crippen molar-refractivity contribution in [3.05, 3.63) is 0 Å². The minimum atomic E-state index is -0.339. The average Bonchev–Trinajstić information content (AvgIpc) is 2.41. The minimum Gasteiger partial charge on any atom is -0.463 e. The van der Waals surface area contributed by atoms with Crippen LogP contribution >= 0.6 is 0 Å². The molecule has 1 amide bonds. The molecule has 0 aliphatic carbocycles.